The minimum Gasteiger partial charge on any atom is -0.335 e. The van der Waals surface area contributed by atoms with Crippen LogP contribution in [-0.2, 0) is 0 Å². The Balaban J connectivity index is 2.29. The van der Waals surface area contributed by atoms with E-state index < -0.39 is 4.92 Å². The topological polar surface area (TPSA) is 63.5 Å². The van der Waals surface area contributed by atoms with Crippen LogP contribution in [0.2, 0.25) is 0 Å². The van der Waals surface area contributed by atoms with Crippen molar-refractivity contribution in [1.29, 1.82) is 0 Å². The number of non-ortho nitro benzene ring substituents is 1. The van der Waals surface area contributed by atoms with E-state index in [2.05, 4.69) is 15.9 Å². The van der Waals surface area contributed by atoms with Crippen LogP contribution in [0, 0.1) is 17.0 Å². The van der Waals surface area contributed by atoms with Gasteiger partial charge in [-0.1, -0.05) is 28.8 Å². The Kier molecular flexibility index (Phi) is 5.33. The molecule has 0 heterocycles. The number of nitro groups is 1. The lowest BCUT2D eigenvalue weighted by atomic mass is 10.1. The predicted octanol–water partition coefficient (Wildman–Crippen LogP) is 3.68. The van der Waals surface area contributed by atoms with Gasteiger partial charge in [0.2, 0.25) is 0 Å². The fourth-order valence-electron chi connectivity index (χ4n) is 2.91. The van der Waals surface area contributed by atoms with Gasteiger partial charge in [0.25, 0.3) is 11.6 Å². The molecule has 0 aromatic heterocycles. The van der Waals surface area contributed by atoms with Crippen molar-refractivity contribution in [3.05, 3.63) is 39.4 Å². The Morgan fingerprint density at radius 1 is 1.38 bits per heavy atom. The molecule has 1 fully saturated rings. The van der Waals surface area contributed by atoms with Crippen molar-refractivity contribution in [3.63, 3.8) is 0 Å². The summed E-state index contributed by atoms with van der Waals surface area (Å²) < 4.78 is 0. The number of aryl methyl sites for hydroxylation is 1. The highest BCUT2D eigenvalue weighted by atomic mass is 79.9. The fourth-order valence-corrected chi connectivity index (χ4v) is 3.30. The van der Waals surface area contributed by atoms with E-state index in [1.54, 1.807) is 13.0 Å². The maximum atomic E-state index is 12.7. The fraction of sp³-hybridized carbons (Fsp3) is 0.533. The van der Waals surface area contributed by atoms with Gasteiger partial charge in [-0.3, -0.25) is 14.9 Å². The van der Waals surface area contributed by atoms with Gasteiger partial charge < -0.3 is 4.90 Å². The number of alkyl halides is 1. The molecular formula is C15H19BrN2O3. The SMILES string of the molecule is Cc1cc(C(=O)N(CCBr)C2CCCC2)cc([N+](=O)[O-])c1. The monoisotopic (exact) mass is 354 g/mol. The average molecular weight is 355 g/mol. The molecule has 0 aliphatic heterocycles. The molecule has 1 saturated carbocycles. The summed E-state index contributed by atoms with van der Waals surface area (Å²) >= 11 is 3.39. The van der Waals surface area contributed by atoms with Gasteiger partial charge in [0, 0.05) is 35.6 Å². The maximum absolute atomic E-state index is 12.7. The number of carbonyl (C=O) groups is 1. The summed E-state index contributed by atoms with van der Waals surface area (Å²) in [6, 6.07) is 4.85. The lowest BCUT2D eigenvalue weighted by molar-refractivity contribution is -0.384. The number of nitro benzene ring substituents is 1. The summed E-state index contributed by atoms with van der Waals surface area (Å²) in [5.74, 6) is -0.104. The van der Waals surface area contributed by atoms with Crippen molar-refractivity contribution < 1.29 is 9.72 Å². The van der Waals surface area contributed by atoms with Crippen LogP contribution in [0.5, 0.6) is 0 Å². The van der Waals surface area contributed by atoms with Crippen molar-refractivity contribution >= 4 is 27.5 Å². The van der Waals surface area contributed by atoms with E-state index in [-0.39, 0.29) is 17.6 Å². The van der Waals surface area contributed by atoms with E-state index in [0.717, 1.165) is 31.2 Å². The molecule has 0 unspecified atom stereocenters. The standard InChI is InChI=1S/C15H19BrN2O3/c1-11-8-12(10-14(9-11)18(20)21)15(19)17(7-6-16)13-4-2-3-5-13/h8-10,13H,2-7H2,1H3. The molecule has 5 nitrogen and oxygen atoms in total. The van der Waals surface area contributed by atoms with Crippen LogP contribution in [0.1, 0.15) is 41.6 Å². The van der Waals surface area contributed by atoms with Crippen molar-refractivity contribution in [2.75, 3.05) is 11.9 Å². The zero-order chi connectivity index (χ0) is 15.4. The number of nitrogens with zero attached hydrogens (tertiary/aromatic N) is 2. The van der Waals surface area contributed by atoms with Crippen LogP contribution in [0.15, 0.2) is 18.2 Å². The molecule has 2 rings (SSSR count). The lowest BCUT2D eigenvalue weighted by Gasteiger charge is -2.28. The van der Waals surface area contributed by atoms with Gasteiger partial charge in [0.05, 0.1) is 4.92 Å². The molecule has 21 heavy (non-hydrogen) atoms. The molecule has 114 valence electrons. The van der Waals surface area contributed by atoms with E-state index >= 15 is 0 Å². The molecule has 0 spiro atoms. The highest BCUT2D eigenvalue weighted by Crippen LogP contribution is 2.26. The molecule has 0 N–H and O–H groups in total. The van der Waals surface area contributed by atoms with Gasteiger partial charge in [-0.2, -0.15) is 0 Å². The second-order valence-corrected chi connectivity index (χ2v) is 6.23. The van der Waals surface area contributed by atoms with Crippen LogP contribution in [-0.4, -0.2) is 33.6 Å². The Morgan fingerprint density at radius 2 is 2.05 bits per heavy atom. The number of hydrogen-bond donors (Lipinski definition) is 0. The smallest absolute Gasteiger partial charge is 0.270 e. The van der Waals surface area contributed by atoms with Gasteiger partial charge in [0.15, 0.2) is 0 Å². The van der Waals surface area contributed by atoms with Gasteiger partial charge in [-0.05, 0) is 31.4 Å². The largest absolute Gasteiger partial charge is 0.335 e. The minimum atomic E-state index is -0.450. The van der Waals surface area contributed by atoms with Crippen molar-refractivity contribution in [1.82, 2.24) is 4.90 Å². The maximum Gasteiger partial charge on any atom is 0.270 e. The second-order valence-electron chi connectivity index (χ2n) is 5.44. The molecule has 0 bridgehead atoms. The van der Waals surface area contributed by atoms with Gasteiger partial charge in [-0.25, -0.2) is 0 Å². The number of rotatable bonds is 5. The van der Waals surface area contributed by atoms with Gasteiger partial charge in [-0.15, -0.1) is 0 Å². The van der Waals surface area contributed by atoms with E-state index in [9.17, 15) is 14.9 Å². The second kappa shape index (κ2) is 7.02. The van der Waals surface area contributed by atoms with E-state index in [4.69, 9.17) is 0 Å². The molecule has 1 aromatic rings. The van der Waals surface area contributed by atoms with Crippen molar-refractivity contribution in [2.24, 2.45) is 0 Å². The molecule has 1 amide bonds. The first-order valence-corrected chi connectivity index (χ1v) is 8.28. The molecule has 0 radical (unpaired) electrons. The number of halogens is 1. The molecular weight excluding hydrogens is 336 g/mol. The van der Waals surface area contributed by atoms with Crippen molar-refractivity contribution in [2.45, 2.75) is 38.6 Å². The van der Waals surface area contributed by atoms with E-state index in [0.29, 0.717) is 17.4 Å². The first-order valence-electron chi connectivity index (χ1n) is 7.16. The summed E-state index contributed by atoms with van der Waals surface area (Å²) in [4.78, 5) is 25.1. The third-order valence-corrected chi connectivity index (χ3v) is 4.23. The van der Waals surface area contributed by atoms with Crippen LogP contribution in [0.3, 0.4) is 0 Å². The van der Waals surface area contributed by atoms with E-state index in [1.165, 1.54) is 12.1 Å². The molecule has 1 aliphatic carbocycles. The highest BCUT2D eigenvalue weighted by Gasteiger charge is 2.27. The van der Waals surface area contributed by atoms with Crippen LogP contribution >= 0.6 is 15.9 Å². The zero-order valence-electron chi connectivity index (χ0n) is 12.0. The third-order valence-electron chi connectivity index (χ3n) is 3.87. The summed E-state index contributed by atoms with van der Waals surface area (Å²) in [6.45, 7) is 2.40. The average Bonchev–Trinajstić information content (AvgIpc) is 2.97. The molecule has 0 atom stereocenters. The lowest BCUT2D eigenvalue weighted by Crippen LogP contribution is -2.40. The zero-order valence-corrected chi connectivity index (χ0v) is 13.6. The van der Waals surface area contributed by atoms with Crippen LogP contribution in [0.25, 0.3) is 0 Å². The normalized spacial score (nSPS) is 15.1. The minimum absolute atomic E-state index is 0.0245. The van der Waals surface area contributed by atoms with E-state index in [1.807, 2.05) is 4.90 Å². The molecule has 0 saturated heterocycles. The van der Waals surface area contributed by atoms with Crippen LogP contribution < -0.4 is 0 Å². The first-order chi connectivity index (χ1) is 10.0. The third kappa shape index (κ3) is 3.81. The quantitative estimate of drug-likeness (QED) is 0.460. The highest BCUT2D eigenvalue weighted by molar-refractivity contribution is 9.09. The number of amides is 1. The van der Waals surface area contributed by atoms with Gasteiger partial charge in [0.1, 0.15) is 0 Å². The summed E-state index contributed by atoms with van der Waals surface area (Å²) in [7, 11) is 0. The summed E-state index contributed by atoms with van der Waals surface area (Å²) in [6.07, 6.45) is 4.33. The molecule has 6 heteroatoms. The van der Waals surface area contributed by atoms with Crippen molar-refractivity contribution in [3.8, 4) is 0 Å². The van der Waals surface area contributed by atoms with Crippen LogP contribution in [0.4, 0.5) is 5.69 Å². The Bertz CT molecular complexity index is 542. The first kappa shape index (κ1) is 15.9. The van der Waals surface area contributed by atoms with Gasteiger partial charge >= 0.3 is 0 Å². The number of hydrogen-bond acceptors (Lipinski definition) is 3. The Hall–Kier alpha value is -1.43. The summed E-state index contributed by atoms with van der Waals surface area (Å²) in [5, 5.41) is 11.7. The Labute approximate surface area is 132 Å². The summed E-state index contributed by atoms with van der Waals surface area (Å²) in [5.41, 5.74) is 1.12. The predicted molar refractivity (Wildman–Crippen MR) is 84.9 cm³/mol. The Morgan fingerprint density at radius 3 is 2.62 bits per heavy atom. The molecule has 1 aromatic carbocycles. The number of carbonyl (C=O) groups excluding carboxylic acids is 1. The molecule has 1 aliphatic rings. The number of benzene rings is 1.